The molecule has 30 heavy (non-hydrogen) atoms. The largest absolute Gasteiger partial charge is 0.377 e. The minimum atomic E-state index is -1.07. The van der Waals surface area contributed by atoms with Gasteiger partial charge in [-0.05, 0) is 18.1 Å². The minimum Gasteiger partial charge on any atom is -0.377 e. The third-order valence-corrected chi connectivity index (χ3v) is 6.24. The molecule has 1 aliphatic heterocycles. The second kappa shape index (κ2) is 8.88. The molecule has 1 saturated heterocycles. The molecule has 0 saturated carbocycles. The highest BCUT2D eigenvalue weighted by molar-refractivity contribution is 5.37. The Morgan fingerprint density at radius 3 is 1.93 bits per heavy atom. The lowest BCUT2D eigenvalue weighted by Crippen LogP contribution is -2.92. The van der Waals surface area contributed by atoms with Gasteiger partial charge in [-0.3, -0.25) is 0 Å². The second-order valence-electron chi connectivity index (χ2n) is 8.66. The van der Waals surface area contributed by atoms with Crippen LogP contribution >= 0.6 is 0 Å². The highest BCUT2D eigenvalue weighted by atomic mass is 16.3. The molecule has 4 rings (SSSR count). The molecular formula is C28H30NO+. The molecule has 2 nitrogen and oxygen atoms in total. The topological polar surface area (TPSA) is 36.8 Å². The number of rotatable bonds is 3. The van der Waals surface area contributed by atoms with E-state index in [0.717, 1.165) is 5.56 Å². The Labute approximate surface area is 180 Å². The van der Waals surface area contributed by atoms with Crippen LogP contribution in [0.5, 0.6) is 0 Å². The summed E-state index contributed by atoms with van der Waals surface area (Å²) in [7, 11) is 0. The van der Waals surface area contributed by atoms with Crippen LogP contribution in [0.2, 0.25) is 0 Å². The van der Waals surface area contributed by atoms with Crippen LogP contribution in [0, 0.1) is 23.7 Å². The Hall–Kier alpha value is -2.86. The number of piperidine rings is 1. The second-order valence-corrected chi connectivity index (χ2v) is 8.66. The van der Waals surface area contributed by atoms with Gasteiger partial charge in [0, 0.05) is 23.1 Å². The van der Waals surface area contributed by atoms with Gasteiger partial charge in [-0.1, -0.05) is 105 Å². The molecule has 3 N–H and O–H groups in total. The van der Waals surface area contributed by atoms with Gasteiger partial charge in [-0.2, -0.15) is 0 Å². The van der Waals surface area contributed by atoms with Gasteiger partial charge in [0.15, 0.2) is 0 Å². The molecule has 0 amide bonds. The maximum Gasteiger partial charge on any atom is 0.140 e. The number of quaternary nitrogens is 1. The Morgan fingerprint density at radius 1 is 0.833 bits per heavy atom. The molecule has 1 heterocycles. The fourth-order valence-corrected chi connectivity index (χ4v) is 4.93. The summed E-state index contributed by atoms with van der Waals surface area (Å²) in [6.07, 6.45) is 0.614. The van der Waals surface area contributed by atoms with Crippen LogP contribution in [0.4, 0.5) is 0 Å². The van der Waals surface area contributed by atoms with Crippen LogP contribution in [-0.4, -0.2) is 10.7 Å². The van der Waals surface area contributed by atoms with Crippen molar-refractivity contribution in [3.63, 3.8) is 0 Å². The van der Waals surface area contributed by atoms with E-state index in [0.29, 0.717) is 12.3 Å². The van der Waals surface area contributed by atoms with Crippen LogP contribution in [0.25, 0.3) is 0 Å². The average Bonchev–Trinajstić information content (AvgIpc) is 2.79. The van der Waals surface area contributed by atoms with Crippen molar-refractivity contribution < 1.29 is 10.4 Å². The van der Waals surface area contributed by atoms with Gasteiger partial charge < -0.3 is 10.4 Å². The Balaban J connectivity index is 1.79. The molecule has 1 fully saturated rings. The number of nitrogens with two attached hydrogens (primary N) is 1. The van der Waals surface area contributed by atoms with Crippen molar-refractivity contribution in [3.05, 3.63) is 108 Å². The van der Waals surface area contributed by atoms with E-state index >= 15 is 0 Å². The smallest absolute Gasteiger partial charge is 0.140 e. The van der Waals surface area contributed by atoms with Crippen LogP contribution in [0.1, 0.15) is 49.0 Å². The maximum absolute atomic E-state index is 12.0. The molecule has 0 aromatic heterocycles. The van der Waals surface area contributed by atoms with Gasteiger partial charge >= 0.3 is 0 Å². The van der Waals surface area contributed by atoms with E-state index in [1.54, 1.807) is 0 Å². The lowest BCUT2D eigenvalue weighted by molar-refractivity contribution is -0.757. The quantitative estimate of drug-likeness (QED) is 0.629. The van der Waals surface area contributed by atoms with E-state index in [9.17, 15) is 5.11 Å². The molecular weight excluding hydrogens is 366 g/mol. The SMILES string of the molecule is CC(C)[C@@H]1[C@H](c2ccccc2)[NH2+][C@H](c2ccccc2)C[C@]1(O)C#Cc1ccccc1. The van der Waals surface area contributed by atoms with Gasteiger partial charge in [0.1, 0.15) is 17.7 Å². The zero-order valence-electron chi connectivity index (χ0n) is 17.7. The van der Waals surface area contributed by atoms with Crippen molar-refractivity contribution >= 4 is 0 Å². The van der Waals surface area contributed by atoms with Crippen LogP contribution < -0.4 is 5.32 Å². The van der Waals surface area contributed by atoms with E-state index in [1.807, 2.05) is 42.5 Å². The first-order chi connectivity index (χ1) is 14.6. The summed E-state index contributed by atoms with van der Waals surface area (Å²) in [5.41, 5.74) is 2.35. The van der Waals surface area contributed by atoms with E-state index < -0.39 is 5.60 Å². The standard InChI is InChI=1S/C28H29NO/c1-21(2)26-27(24-16-10-5-11-17-24)29-25(23-14-8-4-9-15-23)20-28(26,30)19-18-22-12-6-3-7-13-22/h3-17,21,25-27,29-30H,20H2,1-2H3/p+1/t25-,26+,27-,28+/m0/s1. The van der Waals surface area contributed by atoms with E-state index in [1.165, 1.54) is 11.1 Å². The predicted molar refractivity (Wildman–Crippen MR) is 122 cm³/mol. The summed E-state index contributed by atoms with van der Waals surface area (Å²) in [6.45, 7) is 4.40. The highest BCUT2D eigenvalue weighted by Gasteiger charge is 2.51. The van der Waals surface area contributed by atoms with Gasteiger partial charge in [-0.25, -0.2) is 0 Å². The molecule has 0 aliphatic carbocycles. The number of hydrogen-bond donors (Lipinski definition) is 2. The van der Waals surface area contributed by atoms with E-state index in [-0.39, 0.29) is 18.0 Å². The number of hydrogen-bond acceptors (Lipinski definition) is 1. The number of benzene rings is 3. The summed E-state index contributed by atoms with van der Waals surface area (Å²) >= 11 is 0. The molecule has 4 atom stereocenters. The Morgan fingerprint density at radius 2 is 1.37 bits per heavy atom. The monoisotopic (exact) mass is 396 g/mol. The highest BCUT2D eigenvalue weighted by Crippen LogP contribution is 2.42. The molecule has 3 aromatic carbocycles. The van der Waals surface area contributed by atoms with Crippen molar-refractivity contribution in [1.29, 1.82) is 0 Å². The predicted octanol–water partition coefficient (Wildman–Crippen LogP) is 4.49. The first-order valence-corrected chi connectivity index (χ1v) is 10.8. The third kappa shape index (κ3) is 4.33. The van der Waals surface area contributed by atoms with E-state index in [2.05, 4.69) is 79.5 Å². The van der Waals surface area contributed by atoms with Gasteiger partial charge in [0.05, 0.1) is 5.92 Å². The van der Waals surface area contributed by atoms with Crippen molar-refractivity contribution in [1.82, 2.24) is 0 Å². The molecule has 152 valence electrons. The summed E-state index contributed by atoms with van der Waals surface area (Å²) in [5.74, 6) is 6.91. The van der Waals surface area contributed by atoms with Crippen LogP contribution in [-0.2, 0) is 0 Å². The minimum absolute atomic E-state index is 0.0241. The zero-order valence-corrected chi connectivity index (χ0v) is 17.7. The molecule has 0 unspecified atom stereocenters. The fraction of sp³-hybridized carbons (Fsp3) is 0.286. The van der Waals surface area contributed by atoms with Gasteiger partial charge in [0.2, 0.25) is 0 Å². The van der Waals surface area contributed by atoms with Crippen LogP contribution in [0.15, 0.2) is 91.0 Å². The summed E-state index contributed by atoms with van der Waals surface area (Å²) in [5, 5.41) is 14.5. The zero-order chi connectivity index (χ0) is 21.0. The molecule has 2 heteroatoms. The van der Waals surface area contributed by atoms with Gasteiger partial charge in [0.25, 0.3) is 0 Å². The van der Waals surface area contributed by atoms with Crippen LogP contribution in [0.3, 0.4) is 0 Å². The first-order valence-electron chi connectivity index (χ1n) is 10.8. The average molecular weight is 397 g/mol. The third-order valence-electron chi connectivity index (χ3n) is 6.24. The Kier molecular flexibility index (Phi) is 6.04. The Bertz CT molecular complexity index is 1000. The normalized spacial score (nSPS) is 26.1. The van der Waals surface area contributed by atoms with Crippen molar-refractivity contribution in [2.24, 2.45) is 11.8 Å². The first kappa shape index (κ1) is 20.4. The summed E-state index contributed by atoms with van der Waals surface area (Å²) in [4.78, 5) is 0. The van der Waals surface area contributed by atoms with Crippen molar-refractivity contribution in [3.8, 4) is 11.8 Å². The van der Waals surface area contributed by atoms with E-state index in [4.69, 9.17) is 0 Å². The fourth-order valence-electron chi connectivity index (χ4n) is 4.93. The molecule has 3 aromatic rings. The molecule has 1 aliphatic rings. The maximum atomic E-state index is 12.0. The molecule has 0 radical (unpaired) electrons. The van der Waals surface area contributed by atoms with Gasteiger partial charge in [-0.15, -0.1) is 0 Å². The lowest BCUT2D eigenvalue weighted by atomic mass is 9.67. The molecule has 0 spiro atoms. The lowest BCUT2D eigenvalue weighted by Gasteiger charge is -2.45. The van der Waals surface area contributed by atoms with Crippen molar-refractivity contribution in [2.45, 2.75) is 38.0 Å². The summed E-state index contributed by atoms with van der Waals surface area (Å²) < 4.78 is 0. The van der Waals surface area contributed by atoms with Crippen molar-refractivity contribution in [2.75, 3.05) is 0 Å². The summed E-state index contributed by atoms with van der Waals surface area (Å²) in [6, 6.07) is 31.3. The number of aliphatic hydroxyl groups is 1. The molecule has 0 bridgehead atoms.